The lowest BCUT2D eigenvalue weighted by Crippen LogP contribution is -2.35. The summed E-state index contributed by atoms with van der Waals surface area (Å²) in [5.74, 6) is -0.946. The largest absolute Gasteiger partial charge is 0.495 e. The molecule has 3 aromatic rings. The van der Waals surface area contributed by atoms with E-state index in [1.807, 2.05) is 13.8 Å². The van der Waals surface area contributed by atoms with Crippen molar-refractivity contribution in [2.75, 3.05) is 32.1 Å². The minimum atomic E-state index is -3.69. The normalized spacial score (nSPS) is 14.6. The van der Waals surface area contributed by atoms with Crippen molar-refractivity contribution in [3.05, 3.63) is 53.2 Å². The number of aromatic nitrogens is 1. The van der Waals surface area contributed by atoms with Crippen molar-refractivity contribution in [1.29, 1.82) is 0 Å². The molecule has 1 amide bonds. The van der Waals surface area contributed by atoms with Crippen LogP contribution >= 0.6 is 0 Å². The molecule has 0 atom stereocenters. The number of hydrogen-bond donors (Lipinski definition) is 2. The zero-order valence-electron chi connectivity index (χ0n) is 20.0. The molecule has 2 heterocycles. The molecule has 9 nitrogen and oxygen atoms in total. The van der Waals surface area contributed by atoms with E-state index < -0.39 is 28.5 Å². The van der Waals surface area contributed by atoms with E-state index in [0.717, 1.165) is 41.4 Å². The van der Waals surface area contributed by atoms with E-state index in [4.69, 9.17) is 9.47 Å². The fourth-order valence-electron chi connectivity index (χ4n) is 4.19. The number of nitrogens with zero attached hydrogens (tertiary/aromatic N) is 1. The third kappa shape index (κ3) is 5.18. The average Bonchev–Trinajstić information content (AvgIpc) is 3.15. The first-order valence-corrected chi connectivity index (χ1v) is 12.9. The molecule has 0 spiro atoms. The number of H-pyrrole nitrogens is 1. The SMILES string of the molecule is COc1ccc(S(=O)(=O)N2CCCCC2)cc1NC(=O)COC(=O)c1ccc2[nH]c(C)c(C)c2c1. The van der Waals surface area contributed by atoms with Crippen LogP contribution in [0, 0.1) is 13.8 Å². The molecular formula is C25H29N3O6S. The summed E-state index contributed by atoms with van der Waals surface area (Å²) in [5.41, 5.74) is 3.49. The number of carbonyl (C=O) groups excluding carboxylic acids is 2. The topological polar surface area (TPSA) is 118 Å². The van der Waals surface area contributed by atoms with E-state index in [1.54, 1.807) is 18.2 Å². The molecule has 1 aromatic heterocycles. The van der Waals surface area contributed by atoms with E-state index in [-0.39, 0.29) is 10.6 Å². The summed E-state index contributed by atoms with van der Waals surface area (Å²) < 4.78 is 38.0. The molecular weight excluding hydrogens is 470 g/mol. The highest BCUT2D eigenvalue weighted by atomic mass is 32.2. The molecule has 186 valence electrons. The van der Waals surface area contributed by atoms with Gasteiger partial charge in [-0.25, -0.2) is 13.2 Å². The molecule has 1 aliphatic rings. The van der Waals surface area contributed by atoms with E-state index in [9.17, 15) is 18.0 Å². The number of hydrogen-bond acceptors (Lipinski definition) is 6. The van der Waals surface area contributed by atoms with Gasteiger partial charge in [-0.05, 0) is 68.7 Å². The minimum Gasteiger partial charge on any atom is -0.495 e. The maximum atomic E-state index is 13.0. The Morgan fingerprint density at radius 1 is 1.06 bits per heavy atom. The lowest BCUT2D eigenvalue weighted by molar-refractivity contribution is -0.119. The Morgan fingerprint density at radius 3 is 2.51 bits per heavy atom. The summed E-state index contributed by atoms with van der Waals surface area (Å²) >= 11 is 0. The summed E-state index contributed by atoms with van der Waals surface area (Å²) in [7, 11) is -2.27. The molecule has 0 aliphatic carbocycles. The number of aromatic amines is 1. The van der Waals surface area contributed by atoms with E-state index in [1.165, 1.54) is 29.6 Å². The standard InChI is InChI=1S/C25H29N3O6S/c1-16-17(2)26-21-9-7-18(13-20(16)21)25(30)34-15-24(29)27-22-14-19(8-10-23(22)33-3)35(31,32)28-11-5-4-6-12-28/h7-10,13-14,26H,4-6,11-12,15H2,1-3H3,(H,27,29). The summed E-state index contributed by atoms with van der Waals surface area (Å²) in [5, 5.41) is 3.51. The number of esters is 1. The number of benzene rings is 2. The van der Waals surface area contributed by atoms with Crippen molar-refractivity contribution < 1.29 is 27.5 Å². The number of carbonyl (C=O) groups is 2. The first kappa shape index (κ1) is 24.7. The van der Waals surface area contributed by atoms with Crippen LogP contribution in [0.4, 0.5) is 5.69 Å². The van der Waals surface area contributed by atoms with Gasteiger partial charge in [-0.2, -0.15) is 4.31 Å². The Bertz CT molecular complexity index is 1370. The van der Waals surface area contributed by atoms with Crippen molar-refractivity contribution in [3.63, 3.8) is 0 Å². The van der Waals surface area contributed by atoms with Gasteiger partial charge in [0.2, 0.25) is 10.0 Å². The summed E-state index contributed by atoms with van der Waals surface area (Å²) in [6.45, 7) is 4.33. The second kappa shape index (κ2) is 10.1. The number of ether oxygens (including phenoxy) is 2. The van der Waals surface area contributed by atoms with Crippen LogP contribution in [0.5, 0.6) is 5.75 Å². The second-order valence-electron chi connectivity index (χ2n) is 8.59. The van der Waals surface area contributed by atoms with Crippen molar-refractivity contribution in [1.82, 2.24) is 9.29 Å². The van der Waals surface area contributed by atoms with Gasteiger partial charge in [-0.3, -0.25) is 4.79 Å². The van der Waals surface area contributed by atoms with Crippen LogP contribution < -0.4 is 10.1 Å². The first-order valence-electron chi connectivity index (χ1n) is 11.4. The number of fused-ring (bicyclic) bond motifs is 1. The van der Waals surface area contributed by atoms with Gasteiger partial charge < -0.3 is 19.8 Å². The Morgan fingerprint density at radius 2 is 1.80 bits per heavy atom. The Labute approximate surface area is 204 Å². The van der Waals surface area contributed by atoms with Crippen LogP contribution in [-0.2, 0) is 19.6 Å². The van der Waals surface area contributed by atoms with Crippen molar-refractivity contribution in [3.8, 4) is 5.75 Å². The molecule has 0 unspecified atom stereocenters. The van der Waals surface area contributed by atoms with Crippen LogP contribution in [0.3, 0.4) is 0 Å². The maximum Gasteiger partial charge on any atom is 0.338 e. The minimum absolute atomic E-state index is 0.0676. The van der Waals surface area contributed by atoms with Crippen LogP contribution in [0.25, 0.3) is 10.9 Å². The predicted molar refractivity (Wildman–Crippen MR) is 132 cm³/mol. The maximum absolute atomic E-state index is 13.0. The molecule has 1 aliphatic heterocycles. The monoisotopic (exact) mass is 499 g/mol. The van der Waals surface area contributed by atoms with Gasteiger partial charge in [-0.1, -0.05) is 6.42 Å². The molecule has 1 saturated heterocycles. The van der Waals surface area contributed by atoms with E-state index >= 15 is 0 Å². The van der Waals surface area contributed by atoms with E-state index in [2.05, 4.69) is 10.3 Å². The van der Waals surface area contributed by atoms with Crippen molar-refractivity contribution in [2.24, 2.45) is 0 Å². The number of rotatable bonds is 7. The number of nitrogens with one attached hydrogen (secondary N) is 2. The van der Waals surface area contributed by atoms with Crippen LogP contribution in [0.1, 0.15) is 40.9 Å². The Kier molecular flexibility index (Phi) is 7.13. The molecule has 0 radical (unpaired) electrons. The third-order valence-electron chi connectivity index (χ3n) is 6.28. The fourth-order valence-corrected chi connectivity index (χ4v) is 5.73. The van der Waals surface area contributed by atoms with Crippen LogP contribution in [0.15, 0.2) is 41.3 Å². The lowest BCUT2D eigenvalue weighted by atomic mass is 10.1. The Hall–Kier alpha value is -3.37. The molecule has 35 heavy (non-hydrogen) atoms. The summed E-state index contributed by atoms with van der Waals surface area (Å²) in [6.07, 6.45) is 2.65. The van der Waals surface area contributed by atoms with Gasteiger partial charge in [0, 0.05) is 29.7 Å². The van der Waals surface area contributed by atoms with Gasteiger partial charge >= 0.3 is 5.97 Å². The number of anilines is 1. The number of sulfonamides is 1. The second-order valence-corrected chi connectivity index (χ2v) is 10.5. The number of aryl methyl sites for hydroxylation is 2. The zero-order chi connectivity index (χ0) is 25.2. The highest BCUT2D eigenvalue weighted by Gasteiger charge is 2.27. The molecule has 10 heteroatoms. The number of amides is 1. The first-order chi connectivity index (χ1) is 16.7. The molecule has 2 N–H and O–H groups in total. The third-order valence-corrected chi connectivity index (χ3v) is 8.17. The van der Waals surface area contributed by atoms with Gasteiger partial charge in [0.05, 0.1) is 23.3 Å². The summed E-state index contributed by atoms with van der Waals surface area (Å²) in [4.78, 5) is 28.4. The quantitative estimate of drug-likeness (QED) is 0.478. The highest BCUT2D eigenvalue weighted by molar-refractivity contribution is 7.89. The molecule has 1 fully saturated rings. The molecule has 0 bridgehead atoms. The number of methoxy groups -OCH3 is 1. The van der Waals surface area contributed by atoms with Crippen LogP contribution in [0.2, 0.25) is 0 Å². The van der Waals surface area contributed by atoms with Gasteiger partial charge in [0.25, 0.3) is 5.91 Å². The number of piperidine rings is 1. The van der Waals surface area contributed by atoms with E-state index in [0.29, 0.717) is 24.4 Å². The highest BCUT2D eigenvalue weighted by Crippen LogP contribution is 2.30. The molecule has 2 aromatic carbocycles. The molecule has 4 rings (SSSR count). The van der Waals surface area contributed by atoms with Gasteiger partial charge in [0.15, 0.2) is 6.61 Å². The van der Waals surface area contributed by atoms with Gasteiger partial charge in [-0.15, -0.1) is 0 Å². The fraction of sp³-hybridized carbons (Fsp3) is 0.360. The average molecular weight is 500 g/mol. The van der Waals surface area contributed by atoms with Crippen LogP contribution in [-0.4, -0.2) is 56.4 Å². The van der Waals surface area contributed by atoms with Gasteiger partial charge in [0.1, 0.15) is 5.75 Å². The predicted octanol–water partition coefficient (Wildman–Crippen LogP) is 3.76. The van der Waals surface area contributed by atoms with Crippen molar-refractivity contribution >= 4 is 38.5 Å². The van der Waals surface area contributed by atoms with Crippen molar-refractivity contribution in [2.45, 2.75) is 38.0 Å². The molecule has 0 saturated carbocycles. The summed E-state index contributed by atoms with van der Waals surface area (Å²) in [6, 6.07) is 9.48. The zero-order valence-corrected chi connectivity index (χ0v) is 20.8. The lowest BCUT2D eigenvalue weighted by Gasteiger charge is -2.26. The smallest absolute Gasteiger partial charge is 0.338 e. The Balaban J connectivity index is 1.45.